The van der Waals surface area contributed by atoms with Crippen molar-refractivity contribution < 1.29 is 9.13 Å². The van der Waals surface area contributed by atoms with Crippen molar-refractivity contribution in [2.24, 2.45) is 12.0 Å². The molecule has 0 bridgehead atoms. The topological polar surface area (TPSA) is 80.5 Å². The number of hydrogen-bond acceptors (Lipinski definition) is 7. The lowest BCUT2D eigenvalue weighted by Gasteiger charge is -2.41. The largest absolute Gasteiger partial charge is 0.488 e. The molecular formula is C31H40FN7O. The summed E-state index contributed by atoms with van der Waals surface area (Å²) in [5.74, 6) is 0.601. The van der Waals surface area contributed by atoms with Crippen LogP contribution in [0.3, 0.4) is 0 Å². The van der Waals surface area contributed by atoms with E-state index in [4.69, 9.17) is 4.74 Å². The summed E-state index contributed by atoms with van der Waals surface area (Å²) in [6.07, 6.45) is 8.68. The van der Waals surface area contributed by atoms with Crippen LogP contribution in [0.15, 0.2) is 54.6 Å². The Hall–Kier alpha value is -4.11. The molecule has 0 spiro atoms. The lowest BCUT2D eigenvalue weighted by atomic mass is 9.88. The van der Waals surface area contributed by atoms with Crippen LogP contribution in [0.1, 0.15) is 46.1 Å². The zero-order valence-corrected chi connectivity index (χ0v) is 24.6. The van der Waals surface area contributed by atoms with Gasteiger partial charge in [0.1, 0.15) is 24.0 Å². The number of ether oxygens (including phenoxy) is 1. The molecule has 4 aromatic rings. The molecule has 9 heteroatoms. The van der Waals surface area contributed by atoms with Gasteiger partial charge in [-0.05, 0) is 63.5 Å². The van der Waals surface area contributed by atoms with Crippen LogP contribution in [0.5, 0.6) is 5.75 Å². The molecule has 40 heavy (non-hydrogen) atoms. The Kier molecular flexibility index (Phi) is 10.5. The van der Waals surface area contributed by atoms with Crippen molar-refractivity contribution >= 4 is 40.9 Å². The molecule has 2 heterocycles. The van der Waals surface area contributed by atoms with Crippen molar-refractivity contribution in [3.63, 3.8) is 0 Å². The summed E-state index contributed by atoms with van der Waals surface area (Å²) in [7, 11) is 5.99. The lowest BCUT2D eigenvalue weighted by Crippen LogP contribution is -2.50. The lowest BCUT2D eigenvalue weighted by molar-refractivity contribution is 0.0206. The quantitative estimate of drug-likeness (QED) is 0.232. The minimum absolute atomic E-state index is 0.0301. The monoisotopic (exact) mass is 545 g/mol. The van der Waals surface area contributed by atoms with E-state index in [1.54, 1.807) is 23.0 Å². The Morgan fingerprint density at radius 2 is 1.88 bits per heavy atom. The van der Waals surface area contributed by atoms with Crippen LogP contribution in [0.25, 0.3) is 28.1 Å². The second kappa shape index (κ2) is 13.8. The molecule has 0 saturated heterocycles. The average molecular weight is 546 g/mol. The maximum absolute atomic E-state index is 15.3. The van der Waals surface area contributed by atoms with E-state index in [2.05, 4.69) is 57.7 Å². The van der Waals surface area contributed by atoms with Gasteiger partial charge >= 0.3 is 0 Å². The highest BCUT2D eigenvalue weighted by Gasteiger charge is 2.35. The van der Waals surface area contributed by atoms with Gasteiger partial charge in [-0.25, -0.2) is 14.4 Å². The van der Waals surface area contributed by atoms with Gasteiger partial charge in [-0.3, -0.25) is 9.67 Å². The second-order valence-electron chi connectivity index (χ2n) is 9.11. The van der Waals surface area contributed by atoms with Gasteiger partial charge in [0.25, 0.3) is 0 Å². The number of aliphatic imine (C=N–C) groups is 1. The molecule has 2 aromatic carbocycles. The minimum Gasteiger partial charge on any atom is -0.488 e. The minimum atomic E-state index is -0.484. The normalized spacial score (nSPS) is 15.7. The first-order valence-corrected chi connectivity index (χ1v) is 13.7. The number of nitrogens with zero attached hydrogens (tertiary/aromatic N) is 6. The van der Waals surface area contributed by atoms with Gasteiger partial charge in [0, 0.05) is 30.4 Å². The van der Waals surface area contributed by atoms with E-state index in [1.165, 1.54) is 12.4 Å². The van der Waals surface area contributed by atoms with Crippen molar-refractivity contribution in [1.82, 2.24) is 24.6 Å². The van der Waals surface area contributed by atoms with Crippen LogP contribution in [0.4, 0.5) is 21.6 Å². The molecule has 8 nitrogen and oxygen atoms in total. The number of anilines is 2. The van der Waals surface area contributed by atoms with Crippen LogP contribution in [-0.2, 0) is 7.05 Å². The van der Waals surface area contributed by atoms with Crippen molar-refractivity contribution in [3.05, 3.63) is 60.9 Å². The van der Waals surface area contributed by atoms with Crippen LogP contribution < -0.4 is 10.1 Å². The highest BCUT2D eigenvalue weighted by molar-refractivity contribution is 5.98. The zero-order valence-electron chi connectivity index (χ0n) is 24.6. The predicted molar refractivity (Wildman–Crippen MR) is 165 cm³/mol. The molecule has 1 fully saturated rings. The Morgan fingerprint density at radius 1 is 1.12 bits per heavy atom. The number of benzene rings is 2. The molecule has 2 atom stereocenters. The summed E-state index contributed by atoms with van der Waals surface area (Å²) >= 11 is 0. The molecule has 1 aliphatic rings. The first-order valence-electron chi connectivity index (χ1n) is 13.7. The fourth-order valence-electron chi connectivity index (χ4n) is 4.56. The molecule has 0 amide bonds. The van der Waals surface area contributed by atoms with Gasteiger partial charge in [0.05, 0.1) is 28.5 Å². The standard InChI is InChI=1S/C27H28FN7O.2C2H6/c1-6-18-19(29-2)7-8-20(26(18)28)33-27-25-21(30-15-31-27)11-16(17-13-32-35(5)14-17)12-24(25)36-23-10-9-22(23)34(3)4;2*1-2/h6-8,11-15,22-23H,1-2,9-10H2,3-5H3,(H,30,31,33);2*1-2H3. The summed E-state index contributed by atoms with van der Waals surface area (Å²) < 4.78 is 23.6. The molecule has 2 aromatic heterocycles. The van der Waals surface area contributed by atoms with E-state index in [0.29, 0.717) is 34.2 Å². The fourth-order valence-corrected chi connectivity index (χ4v) is 4.56. The number of fused-ring (bicyclic) bond motifs is 1. The molecule has 2 unspecified atom stereocenters. The van der Waals surface area contributed by atoms with Crippen LogP contribution in [0.2, 0.25) is 0 Å². The smallest absolute Gasteiger partial charge is 0.156 e. The molecule has 212 valence electrons. The third kappa shape index (κ3) is 6.20. The first kappa shape index (κ1) is 30.4. The van der Waals surface area contributed by atoms with Gasteiger partial charge in [0.2, 0.25) is 0 Å². The molecular weight excluding hydrogens is 505 g/mol. The summed E-state index contributed by atoms with van der Waals surface area (Å²) in [5.41, 5.74) is 3.49. The van der Waals surface area contributed by atoms with E-state index in [1.807, 2.05) is 53.1 Å². The van der Waals surface area contributed by atoms with Crippen molar-refractivity contribution in [2.45, 2.75) is 52.7 Å². The molecule has 5 rings (SSSR count). The summed E-state index contributed by atoms with van der Waals surface area (Å²) in [6, 6.07) is 7.56. The third-order valence-corrected chi connectivity index (χ3v) is 6.64. The van der Waals surface area contributed by atoms with Crippen LogP contribution >= 0.6 is 0 Å². The molecule has 0 aliphatic heterocycles. The van der Waals surface area contributed by atoms with E-state index < -0.39 is 5.82 Å². The summed E-state index contributed by atoms with van der Waals surface area (Å²) in [5, 5.41) is 8.13. The summed E-state index contributed by atoms with van der Waals surface area (Å²) in [6.45, 7) is 15.2. The van der Waals surface area contributed by atoms with E-state index >= 15 is 4.39 Å². The zero-order chi connectivity index (χ0) is 29.4. The van der Waals surface area contributed by atoms with E-state index in [-0.39, 0.29) is 17.4 Å². The van der Waals surface area contributed by atoms with Gasteiger partial charge < -0.3 is 15.0 Å². The Balaban J connectivity index is 0.00000106. The number of aromatic nitrogens is 4. The predicted octanol–water partition coefficient (Wildman–Crippen LogP) is 7.41. The molecule has 1 N–H and O–H groups in total. The van der Waals surface area contributed by atoms with E-state index in [9.17, 15) is 0 Å². The maximum Gasteiger partial charge on any atom is 0.156 e. The second-order valence-corrected chi connectivity index (χ2v) is 9.11. The van der Waals surface area contributed by atoms with Gasteiger partial charge in [-0.1, -0.05) is 40.3 Å². The van der Waals surface area contributed by atoms with Crippen molar-refractivity contribution in [3.8, 4) is 16.9 Å². The van der Waals surface area contributed by atoms with Crippen molar-refractivity contribution in [2.75, 3.05) is 19.4 Å². The van der Waals surface area contributed by atoms with Crippen LogP contribution in [0, 0.1) is 5.82 Å². The van der Waals surface area contributed by atoms with E-state index in [0.717, 1.165) is 24.0 Å². The Bertz CT molecular complexity index is 1460. The third-order valence-electron chi connectivity index (χ3n) is 6.64. The summed E-state index contributed by atoms with van der Waals surface area (Å²) in [4.78, 5) is 15.0. The Morgan fingerprint density at radius 3 is 2.45 bits per heavy atom. The van der Waals surface area contributed by atoms with Crippen molar-refractivity contribution in [1.29, 1.82) is 0 Å². The molecule has 0 radical (unpaired) electrons. The highest BCUT2D eigenvalue weighted by Crippen LogP contribution is 2.40. The number of likely N-dealkylation sites (N-methyl/N-ethyl adjacent to an activating group) is 1. The maximum atomic E-state index is 15.3. The number of rotatable bonds is 8. The highest BCUT2D eigenvalue weighted by atomic mass is 19.1. The number of aryl methyl sites for hydroxylation is 1. The fraction of sp³-hybridized carbons (Fsp3) is 0.355. The number of hydrogen-bond donors (Lipinski definition) is 1. The SMILES string of the molecule is C=Cc1c(N=C)ccc(Nc2ncnc3cc(-c4cnn(C)c4)cc(OC4CCC4N(C)C)c23)c1F.CC.CC. The number of nitrogens with one attached hydrogen (secondary N) is 1. The number of halogens is 1. The Labute approximate surface area is 236 Å². The first-order chi connectivity index (χ1) is 19.4. The average Bonchev–Trinajstić information content (AvgIpc) is 3.40. The van der Waals surface area contributed by atoms with Crippen LogP contribution in [-0.4, -0.2) is 57.6 Å². The molecule has 1 saturated carbocycles. The molecule has 1 aliphatic carbocycles. The van der Waals surface area contributed by atoms with Gasteiger partial charge in [-0.2, -0.15) is 5.10 Å². The van der Waals surface area contributed by atoms with Gasteiger partial charge in [0.15, 0.2) is 5.82 Å². The van der Waals surface area contributed by atoms with Gasteiger partial charge in [-0.15, -0.1) is 0 Å².